The summed E-state index contributed by atoms with van der Waals surface area (Å²) in [7, 11) is 1.55. The third-order valence-electron chi connectivity index (χ3n) is 2.80. The second-order valence-electron chi connectivity index (χ2n) is 4.68. The highest BCUT2D eigenvalue weighted by Crippen LogP contribution is 2.01. The van der Waals surface area contributed by atoms with Gasteiger partial charge in [0.25, 0.3) is 0 Å². The number of urea groups is 1. The number of aliphatic hydroxyl groups is 1. The number of aliphatic hydroxyl groups excluding tert-OH is 1. The van der Waals surface area contributed by atoms with Crippen molar-refractivity contribution in [2.24, 2.45) is 0 Å². The van der Waals surface area contributed by atoms with Crippen LogP contribution in [0.4, 0.5) is 4.79 Å². The number of aromatic nitrogens is 2. The second-order valence-corrected chi connectivity index (χ2v) is 4.68. The maximum absolute atomic E-state index is 11.8. The number of hydrogen-bond donors (Lipinski definition) is 4. The van der Waals surface area contributed by atoms with E-state index in [4.69, 9.17) is 10.2 Å². The molecule has 2 amide bonds. The molecule has 0 aromatic carbocycles. The smallest absolute Gasteiger partial charge is 0.326 e. The van der Waals surface area contributed by atoms with Crippen LogP contribution >= 0.6 is 0 Å². The number of carbonyl (C=O) groups is 2. The van der Waals surface area contributed by atoms with Crippen LogP contribution in [-0.4, -0.2) is 62.8 Å². The first-order chi connectivity index (χ1) is 9.40. The molecule has 0 aliphatic heterocycles. The molecule has 0 bridgehead atoms. The molecule has 1 heterocycles. The van der Waals surface area contributed by atoms with E-state index >= 15 is 0 Å². The van der Waals surface area contributed by atoms with Crippen molar-refractivity contribution in [2.45, 2.75) is 31.9 Å². The van der Waals surface area contributed by atoms with Crippen LogP contribution in [0.15, 0.2) is 12.5 Å². The molecule has 0 aliphatic rings. The van der Waals surface area contributed by atoms with E-state index in [1.165, 1.54) is 17.4 Å². The average Bonchev–Trinajstić information content (AvgIpc) is 2.87. The Morgan fingerprint density at radius 3 is 2.75 bits per heavy atom. The lowest BCUT2D eigenvalue weighted by Gasteiger charge is -2.21. The van der Waals surface area contributed by atoms with Gasteiger partial charge < -0.3 is 25.4 Å². The first kappa shape index (κ1) is 16.0. The molecule has 0 fully saturated rings. The van der Waals surface area contributed by atoms with Gasteiger partial charge in [0.05, 0.1) is 12.4 Å². The Morgan fingerprint density at radius 1 is 1.55 bits per heavy atom. The molecule has 1 aromatic rings. The highest BCUT2D eigenvalue weighted by Gasteiger charge is 2.22. The van der Waals surface area contributed by atoms with Crippen molar-refractivity contribution in [3.63, 3.8) is 0 Å². The van der Waals surface area contributed by atoms with Crippen LogP contribution in [-0.2, 0) is 11.2 Å². The van der Waals surface area contributed by atoms with Gasteiger partial charge in [0.15, 0.2) is 0 Å². The van der Waals surface area contributed by atoms with E-state index in [1.807, 2.05) is 0 Å². The van der Waals surface area contributed by atoms with Crippen molar-refractivity contribution in [3.8, 4) is 0 Å². The largest absolute Gasteiger partial charge is 0.480 e. The van der Waals surface area contributed by atoms with E-state index in [0.29, 0.717) is 18.7 Å². The Morgan fingerprint density at radius 2 is 2.25 bits per heavy atom. The molecule has 1 unspecified atom stereocenters. The van der Waals surface area contributed by atoms with Crippen LogP contribution in [0.2, 0.25) is 0 Å². The van der Waals surface area contributed by atoms with Gasteiger partial charge in [-0.25, -0.2) is 14.6 Å². The van der Waals surface area contributed by atoms with Crippen LogP contribution in [0.3, 0.4) is 0 Å². The summed E-state index contributed by atoms with van der Waals surface area (Å²) < 4.78 is 0. The molecule has 0 spiro atoms. The minimum absolute atomic E-state index is 0.130. The Labute approximate surface area is 116 Å². The number of imidazole rings is 1. The fourth-order valence-corrected chi connectivity index (χ4v) is 1.56. The number of H-pyrrole nitrogens is 1. The van der Waals surface area contributed by atoms with Crippen molar-refractivity contribution in [1.82, 2.24) is 20.2 Å². The van der Waals surface area contributed by atoms with Crippen molar-refractivity contribution in [1.29, 1.82) is 0 Å². The molecule has 112 valence electrons. The lowest BCUT2D eigenvalue weighted by molar-refractivity contribution is -0.139. The highest BCUT2D eigenvalue weighted by atomic mass is 16.4. The van der Waals surface area contributed by atoms with E-state index in [0.717, 1.165) is 0 Å². The predicted octanol–water partition coefficient (Wildman–Crippen LogP) is -0.182. The molecule has 1 aromatic heterocycles. The van der Waals surface area contributed by atoms with E-state index in [-0.39, 0.29) is 6.42 Å². The lowest BCUT2D eigenvalue weighted by atomic mass is 10.1. The van der Waals surface area contributed by atoms with E-state index in [1.54, 1.807) is 14.0 Å². The zero-order valence-electron chi connectivity index (χ0n) is 11.5. The number of amides is 2. The zero-order valence-corrected chi connectivity index (χ0v) is 11.5. The number of carboxylic acids is 1. The van der Waals surface area contributed by atoms with Crippen LogP contribution in [0.25, 0.3) is 0 Å². The summed E-state index contributed by atoms with van der Waals surface area (Å²) in [5.41, 5.74) is 0.629. The Bertz CT molecular complexity index is 433. The van der Waals surface area contributed by atoms with E-state index < -0.39 is 24.1 Å². The number of nitrogens with zero attached hydrogens (tertiary/aromatic N) is 2. The summed E-state index contributed by atoms with van der Waals surface area (Å²) in [6, 6.07) is -1.52. The van der Waals surface area contributed by atoms with Gasteiger partial charge in [-0.1, -0.05) is 0 Å². The van der Waals surface area contributed by atoms with Crippen LogP contribution in [0.1, 0.15) is 19.0 Å². The Balaban J connectivity index is 2.52. The lowest BCUT2D eigenvalue weighted by Crippen LogP contribution is -2.48. The minimum atomic E-state index is -1.11. The molecule has 0 radical (unpaired) electrons. The van der Waals surface area contributed by atoms with Crippen molar-refractivity contribution >= 4 is 12.0 Å². The van der Waals surface area contributed by atoms with Gasteiger partial charge in [-0.15, -0.1) is 0 Å². The fourth-order valence-electron chi connectivity index (χ4n) is 1.56. The van der Waals surface area contributed by atoms with E-state index in [9.17, 15) is 9.59 Å². The number of aliphatic carboxylic acids is 1. The third-order valence-corrected chi connectivity index (χ3v) is 2.80. The van der Waals surface area contributed by atoms with Gasteiger partial charge in [0.2, 0.25) is 0 Å². The first-order valence-electron chi connectivity index (χ1n) is 6.30. The molecule has 0 saturated carbocycles. The average molecular weight is 284 g/mol. The number of aromatic amines is 1. The highest BCUT2D eigenvalue weighted by molar-refractivity contribution is 5.82. The standard InChI is InChI=1S/C12H20N4O4/c1-8(17)3-4-16(2)12(20)15-10(11(18)19)5-9-6-13-7-14-9/h6-8,10,17H,3-5H2,1-2H3,(H,13,14)(H,15,20)(H,18,19)/t8?,10-/m0/s1. The van der Waals surface area contributed by atoms with Gasteiger partial charge in [-0.2, -0.15) is 0 Å². The van der Waals surface area contributed by atoms with Crippen LogP contribution in [0.5, 0.6) is 0 Å². The maximum atomic E-state index is 11.8. The van der Waals surface area contributed by atoms with Crippen molar-refractivity contribution in [3.05, 3.63) is 18.2 Å². The quantitative estimate of drug-likeness (QED) is 0.554. The van der Waals surface area contributed by atoms with Crippen molar-refractivity contribution < 1.29 is 19.8 Å². The summed E-state index contributed by atoms with van der Waals surface area (Å²) in [4.78, 5) is 30.9. The first-order valence-corrected chi connectivity index (χ1v) is 6.30. The summed E-state index contributed by atoms with van der Waals surface area (Å²) in [5, 5.41) is 20.7. The van der Waals surface area contributed by atoms with Crippen molar-refractivity contribution in [2.75, 3.05) is 13.6 Å². The summed E-state index contributed by atoms with van der Waals surface area (Å²) in [6.45, 7) is 1.98. The molecule has 0 saturated heterocycles. The number of hydrogen-bond acceptors (Lipinski definition) is 4. The second kappa shape index (κ2) is 7.49. The molecule has 8 heteroatoms. The van der Waals surface area contributed by atoms with Crippen LogP contribution in [0, 0.1) is 0 Å². The summed E-state index contributed by atoms with van der Waals surface area (Å²) in [6.07, 6.45) is 3.02. The maximum Gasteiger partial charge on any atom is 0.326 e. The topological polar surface area (TPSA) is 119 Å². The molecule has 1 rings (SSSR count). The normalized spacial score (nSPS) is 13.6. The molecule has 20 heavy (non-hydrogen) atoms. The zero-order chi connectivity index (χ0) is 15.1. The molecule has 0 aliphatic carbocycles. The molecular weight excluding hydrogens is 264 g/mol. The molecule has 2 atom stereocenters. The fraction of sp³-hybridized carbons (Fsp3) is 0.583. The predicted molar refractivity (Wildman–Crippen MR) is 71.2 cm³/mol. The van der Waals surface area contributed by atoms with Gasteiger partial charge in [0.1, 0.15) is 6.04 Å². The molecular formula is C12H20N4O4. The summed E-state index contributed by atoms with van der Waals surface area (Å²) >= 11 is 0. The SMILES string of the molecule is CC(O)CCN(C)C(=O)N[C@@H](Cc1cnc[nH]1)C(=O)O. The summed E-state index contributed by atoms with van der Waals surface area (Å²) in [5.74, 6) is -1.11. The van der Waals surface area contributed by atoms with Crippen LogP contribution < -0.4 is 5.32 Å². The van der Waals surface area contributed by atoms with Gasteiger partial charge in [-0.3, -0.25) is 0 Å². The molecule has 8 nitrogen and oxygen atoms in total. The number of carboxylic acid groups (broad SMARTS) is 1. The van der Waals surface area contributed by atoms with Gasteiger partial charge in [-0.05, 0) is 13.3 Å². The minimum Gasteiger partial charge on any atom is -0.480 e. The number of rotatable bonds is 7. The Kier molecular flexibility index (Phi) is 5.98. The molecule has 4 N–H and O–H groups in total. The third kappa shape index (κ3) is 5.27. The Hall–Kier alpha value is -2.09. The number of nitrogens with one attached hydrogen (secondary N) is 2. The van der Waals surface area contributed by atoms with Gasteiger partial charge in [0, 0.05) is 31.9 Å². The van der Waals surface area contributed by atoms with E-state index in [2.05, 4.69) is 15.3 Å². The number of carbonyl (C=O) groups excluding carboxylic acids is 1. The monoisotopic (exact) mass is 284 g/mol. The van der Waals surface area contributed by atoms with Gasteiger partial charge >= 0.3 is 12.0 Å².